The third kappa shape index (κ3) is 4.69. The van der Waals surface area contributed by atoms with Crippen LogP contribution < -0.4 is 4.74 Å². The highest BCUT2D eigenvalue weighted by Gasteiger charge is 2.32. The third-order valence-electron chi connectivity index (χ3n) is 3.12. The average Bonchev–Trinajstić information content (AvgIpc) is 2.57. The van der Waals surface area contributed by atoms with Crippen LogP contribution in [0.3, 0.4) is 0 Å². The fourth-order valence-corrected chi connectivity index (χ4v) is 2.54. The van der Waals surface area contributed by atoms with Gasteiger partial charge in [-0.1, -0.05) is 29.8 Å². The molecule has 0 bridgehead atoms. The van der Waals surface area contributed by atoms with Crippen LogP contribution in [-0.4, -0.2) is 10.9 Å². The molecule has 6 nitrogen and oxygen atoms in total. The zero-order valence-corrected chi connectivity index (χ0v) is 14.6. The normalized spacial score (nSPS) is 11.0. The molecule has 0 heterocycles. The van der Waals surface area contributed by atoms with Gasteiger partial charge >= 0.3 is 12.1 Å². The molecule has 0 aliphatic carbocycles. The van der Waals surface area contributed by atoms with Gasteiger partial charge in [0.05, 0.1) is 26.8 Å². The summed E-state index contributed by atoms with van der Waals surface area (Å²) in [5, 5.41) is 10.1. The minimum absolute atomic E-state index is 0.139. The van der Waals surface area contributed by atoms with Crippen LogP contribution in [0.25, 0.3) is 0 Å². The van der Waals surface area contributed by atoms with Gasteiger partial charge in [0.15, 0.2) is 5.75 Å². The lowest BCUT2D eigenvalue weighted by Gasteiger charge is -2.13. The number of alkyl halides is 3. The first-order valence-corrected chi connectivity index (χ1v) is 7.64. The summed E-state index contributed by atoms with van der Waals surface area (Å²) >= 11 is 11.6. The topological polar surface area (TPSA) is 78.7 Å². The van der Waals surface area contributed by atoms with Crippen molar-refractivity contribution in [2.24, 2.45) is 0 Å². The van der Waals surface area contributed by atoms with E-state index in [0.29, 0.717) is 12.1 Å². The lowest BCUT2D eigenvalue weighted by Crippen LogP contribution is -2.06. The number of ether oxygens (including phenoxy) is 2. The Morgan fingerprint density at radius 3 is 2.26 bits per heavy atom. The van der Waals surface area contributed by atoms with Crippen LogP contribution in [0.4, 0.5) is 18.9 Å². The molecule has 0 atom stereocenters. The molecule has 2 rings (SSSR count). The number of esters is 1. The zero-order chi connectivity index (χ0) is 20.4. The quantitative estimate of drug-likeness (QED) is 0.255. The molecule has 0 aromatic heterocycles. The predicted octanol–water partition coefficient (Wildman–Crippen LogP) is 6.01. The van der Waals surface area contributed by atoms with E-state index in [1.54, 1.807) is 0 Å². The van der Waals surface area contributed by atoms with Crippen LogP contribution in [0.5, 0.6) is 11.5 Å². The molecular formula is C16H8Cl2F3NO5. The SMILES string of the molecule is C=COC(=O)c1cc(Oc2c(Cl)cc(C(F)(F)F)cc2Cl)ccc1[N+](=O)[O-]. The number of halogens is 5. The molecule has 2 aromatic carbocycles. The van der Waals surface area contributed by atoms with E-state index in [-0.39, 0.29) is 11.5 Å². The summed E-state index contributed by atoms with van der Waals surface area (Å²) in [6, 6.07) is 4.27. The highest BCUT2D eigenvalue weighted by atomic mass is 35.5. The van der Waals surface area contributed by atoms with Crippen LogP contribution in [0.15, 0.2) is 43.2 Å². The Labute approximate surface area is 159 Å². The largest absolute Gasteiger partial charge is 0.454 e. The maximum atomic E-state index is 12.8. The molecule has 0 radical (unpaired) electrons. The minimum Gasteiger partial charge on any atom is -0.454 e. The van der Waals surface area contributed by atoms with Gasteiger partial charge in [0, 0.05) is 12.1 Å². The van der Waals surface area contributed by atoms with E-state index in [0.717, 1.165) is 24.5 Å². The monoisotopic (exact) mass is 421 g/mol. The van der Waals surface area contributed by atoms with Crippen molar-refractivity contribution in [3.8, 4) is 11.5 Å². The molecule has 0 unspecified atom stereocenters. The van der Waals surface area contributed by atoms with Gasteiger partial charge in [-0.2, -0.15) is 13.2 Å². The maximum absolute atomic E-state index is 12.8. The Balaban J connectivity index is 2.46. The molecule has 0 saturated heterocycles. The van der Waals surface area contributed by atoms with Gasteiger partial charge in [-0.05, 0) is 18.2 Å². The van der Waals surface area contributed by atoms with Gasteiger partial charge < -0.3 is 9.47 Å². The molecule has 0 aliphatic rings. The molecule has 11 heteroatoms. The van der Waals surface area contributed by atoms with Gasteiger partial charge in [0.2, 0.25) is 0 Å². The lowest BCUT2D eigenvalue weighted by atomic mass is 10.1. The van der Waals surface area contributed by atoms with E-state index in [1.165, 1.54) is 0 Å². The van der Waals surface area contributed by atoms with Gasteiger partial charge in [-0.25, -0.2) is 4.79 Å². The second-order valence-electron chi connectivity index (χ2n) is 4.88. The summed E-state index contributed by atoms with van der Waals surface area (Å²) in [5.41, 5.74) is -2.11. The van der Waals surface area contributed by atoms with Crippen molar-refractivity contribution in [2.75, 3.05) is 0 Å². The highest BCUT2D eigenvalue weighted by Crippen LogP contribution is 2.42. The van der Waals surface area contributed by atoms with E-state index < -0.39 is 43.9 Å². The number of nitro benzene ring substituents is 1. The molecular weight excluding hydrogens is 414 g/mol. The first kappa shape index (κ1) is 20.5. The number of rotatable bonds is 5. The molecule has 0 amide bonds. The lowest BCUT2D eigenvalue weighted by molar-refractivity contribution is -0.385. The fraction of sp³-hybridized carbons (Fsp3) is 0.0625. The Morgan fingerprint density at radius 2 is 1.78 bits per heavy atom. The number of nitrogens with zero attached hydrogens (tertiary/aromatic N) is 1. The van der Waals surface area contributed by atoms with Crippen molar-refractivity contribution in [3.05, 3.63) is 74.5 Å². The molecule has 0 spiro atoms. The van der Waals surface area contributed by atoms with Crippen molar-refractivity contribution in [1.82, 2.24) is 0 Å². The molecule has 0 N–H and O–H groups in total. The summed E-state index contributed by atoms with van der Waals surface area (Å²) in [4.78, 5) is 22.0. The Kier molecular flexibility index (Phi) is 5.97. The fourth-order valence-electron chi connectivity index (χ4n) is 1.98. The van der Waals surface area contributed by atoms with Crippen molar-refractivity contribution < 1.29 is 32.4 Å². The Morgan fingerprint density at radius 1 is 1.19 bits per heavy atom. The highest BCUT2D eigenvalue weighted by molar-refractivity contribution is 6.37. The number of hydrogen-bond acceptors (Lipinski definition) is 5. The van der Waals surface area contributed by atoms with E-state index in [4.69, 9.17) is 27.9 Å². The smallest absolute Gasteiger partial charge is 0.416 e. The van der Waals surface area contributed by atoms with Crippen LogP contribution in [-0.2, 0) is 10.9 Å². The van der Waals surface area contributed by atoms with Gasteiger partial charge in [0.25, 0.3) is 5.69 Å². The molecule has 0 saturated carbocycles. The van der Waals surface area contributed by atoms with Crippen LogP contribution in [0, 0.1) is 10.1 Å². The van der Waals surface area contributed by atoms with Crippen LogP contribution in [0.2, 0.25) is 10.0 Å². The maximum Gasteiger partial charge on any atom is 0.416 e. The zero-order valence-electron chi connectivity index (χ0n) is 13.0. The average molecular weight is 422 g/mol. The molecule has 2 aromatic rings. The molecule has 0 aliphatic heterocycles. The van der Waals surface area contributed by atoms with Crippen LogP contribution >= 0.6 is 23.2 Å². The predicted molar refractivity (Wildman–Crippen MR) is 90.2 cm³/mol. The van der Waals surface area contributed by atoms with Crippen molar-refractivity contribution in [3.63, 3.8) is 0 Å². The van der Waals surface area contributed by atoms with Gasteiger partial charge in [0.1, 0.15) is 11.3 Å². The number of carbonyl (C=O) groups is 1. The third-order valence-corrected chi connectivity index (χ3v) is 3.68. The Hall–Kier alpha value is -2.78. The van der Waals surface area contributed by atoms with Crippen LogP contribution in [0.1, 0.15) is 15.9 Å². The summed E-state index contributed by atoms with van der Waals surface area (Å²) in [6.07, 6.45) is -3.88. The van der Waals surface area contributed by atoms with E-state index in [1.807, 2.05) is 0 Å². The molecule has 142 valence electrons. The molecule has 27 heavy (non-hydrogen) atoms. The van der Waals surface area contributed by atoms with Gasteiger partial charge in [-0.15, -0.1) is 0 Å². The first-order valence-electron chi connectivity index (χ1n) is 6.89. The van der Waals surface area contributed by atoms with E-state index in [2.05, 4.69) is 11.3 Å². The van der Waals surface area contributed by atoms with E-state index in [9.17, 15) is 28.1 Å². The summed E-state index contributed by atoms with van der Waals surface area (Å²) < 4.78 is 48.1. The van der Waals surface area contributed by atoms with Crippen molar-refractivity contribution in [1.29, 1.82) is 0 Å². The van der Waals surface area contributed by atoms with Crippen molar-refractivity contribution >= 4 is 34.9 Å². The summed E-state index contributed by atoms with van der Waals surface area (Å²) in [7, 11) is 0. The number of carbonyl (C=O) groups excluding carboxylic acids is 1. The number of hydrogen-bond donors (Lipinski definition) is 0. The van der Waals surface area contributed by atoms with E-state index >= 15 is 0 Å². The number of nitro groups is 1. The van der Waals surface area contributed by atoms with Gasteiger partial charge in [-0.3, -0.25) is 10.1 Å². The first-order chi connectivity index (χ1) is 12.5. The summed E-state index contributed by atoms with van der Waals surface area (Å²) in [6.45, 7) is 3.17. The standard InChI is InChI=1S/C16H8Cl2F3NO5/c1-2-26-15(23)10-7-9(3-4-13(10)22(24)25)27-14-11(17)5-8(6-12(14)18)16(19,20)21/h2-7H,1H2. The minimum atomic E-state index is -4.67. The summed E-state index contributed by atoms with van der Waals surface area (Å²) in [5.74, 6) is -1.53. The molecule has 0 fully saturated rings. The second kappa shape index (κ2) is 7.85. The Bertz CT molecular complexity index is 908. The number of benzene rings is 2. The van der Waals surface area contributed by atoms with Crippen molar-refractivity contribution in [2.45, 2.75) is 6.18 Å². The second-order valence-corrected chi connectivity index (χ2v) is 5.69.